The van der Waals surface area contributed by atoms with E-state index in [1.807, 2.05) is 6.08 Å². The third kappa shape index (κ3) is 54.5. The molecular formula is C64H102O6. The van der Waals surface area contributed by atoms with Gasteiger partial charge >= 0.3 is 17.9 Å². The second-order valence-electron chi connectivity index (χ2n) is 18.1. The molecule has 1 atom stereocenters. The van der Waals surface area contributed by atoms with Gasteiger partial charge < -0.3 is 14.2 Å². The van der Waals surface area contributed by atoms with Gasteiger partial charge in [0, 0.05) is 12.8 Å². The van der Waals surface area contributed by atoms with Gasteiger partial charge in [0.1, 0.15) is 13.2 Å². The van der Waals surface area contributed by atoms with Gasteiger partial charge in [0.05, 0.1) is 6.42 Å². The molecule has 0 saturated carbocycles. The number of unbranched alkanes of at least 4 members (excludes halogenated alkanes) is 17. The lowest BCUT2D eigenvalue weighted by molar-refractivity contribution is -0.166. The summed E-state index contributed by atoms with van der Waals surface area (Å²) in [6.45, 7) is 6.28. The number of esters is 3. The van der Waals surface area contributed by atoms with Gasteiger partial charge in [-0.2, -0.15) is 0 Å². The maximum atomic E-state index is 12.8. The van der Waals surface area contributed by atoms with Crippen molar-refractivity contribution in [1.82, 2.24) is 0 Å². The van der Waals surface area contributed by atoms with Crippen LogP contribution in [0.15, 0.2) is 134 Å². The van der Waals surface area contributed by atoms with Crippen LogP contribution in [0.3, 0.4) is 0 Å². The first kappa shape index (κ1) is 65.5. The van der Waals surface area contributed by atoms with E-state index in [4.69, 9.17) is 14.2 Å². The number of rotatable bonds is 49. The summed E-state index contributed by atoms with van der Waals surface area (Å²) >= 11 is 0. The molecule has 0 aliphatic rings. The Morgan fingerprint density at radius 1 is 0.314 bits per heavy atom. The maximum absolute atomic E-state index is 12.8. The molecule has 0 heterocycles. The molecule has 0 amide bonds. The van der Waals surface area contributed by atoms with Crippen molar-refractivity contribution in [3.8, 4) is 0 Å². The van der Waals surface area contributed by atoms with Crippen molar-refractivity contribution in [3.05, 3.63) is 134 Å². The molecule has 0 bridgehead atoms. The smallest absolute Gasteiger partial charge is 0.309 e. The lowest BCUT2D eigenvalue weighted by Crippen LogP contribution is -2.30. The highest BCUT2D eigenvalue weighted by molar-refractivity contribution is 5.72. The van der Waals surface area contributed by atoms with E-state index in [1.54, 1.807) is 6.08 Å². The van der Waals surface area contributed by atoms with Crippen LogP contribution in [0.2, 0.25) is 0 Å². The fourth-order valence-corrected chi connectivity index (χ4v) is 7.28. The molecule has 1 unspecified atom stereocenters. The minimum atomic E-state index is -0.839. The number of ether oxygens (including phenoxy) is 3. The molecule has 6 heteroatoms. The number of allylic oxidation sites excluding steroid dienone is 21. The standard InChI is InChI=1S/C64H102O6/c1-4-7-10-13-16-19-22-25-28-30-31-32-33-34-37-39-42-45-48-51-54-57-63(66)69-60-61(59-68-62(65)56-53-50-47-44-41-38-35-27-24-21-18-15-12-9-6-3)70-64(67)58-55-52-49-46-43-40-36-29-26-23-20-17-14-11-8-5-2/h7,9-10,12,16,18-19,21,25,27-28,31-32,34-35,37,41-42,44-45,50,53,61H,4-6,8,11,13-15,17,20,22-24,26,29-30,33,36,38-40,43,46-49,51-52,54-60H2,1-3H3/b10-7-,12-9-,19-16-,21-18-,28-25-,32-31-,35-27-,37-34-,44-41-,45-42-,53-50-. The third-order valence-electron chi connectivity index (χ3n) is 11.4. The Morgan fingerprint density at radius 2 is 0.614 bits per heavy atom. The minimum Gasteiger partial charge on any atom is -0.462 e. The predicted octanol–water partition coefficient (Wildman–Crippen LogP) is 19.0. The molecule has 0 spiro atoms. The molecule has 0 aromatic heterocycles. The van der Waals surface area contributed by atoms with Gasteiger partial charge in [-0.25, -0.2) is 0 Å². The average molecular weight is 968 g/mol. The molecule has 0 fully saturated rings. The number of hydrogen-bond donors (Lipinski definition) is 0. The Hall–Kier alpha value is -4.45. The highest BCUT2D eigenvalue weighted by Gasteiger charge is 2.19. The molecule has 0 radical (unpaired) electrons. The van der Waals surface area contributed by atoms with Crippen molar-refractivity contribution in [2.45, 2.75) is 239 Å². The van der Waals surface area contributed by atoms with Crippen LogP contribution >= 0.6 is 0 Å². The van der Waals surface area contributed by atoms with Crippen molar-refractivity contribution in [1.29, 1.82) is 0 Å². The summed E-state index contributed by atoms with van der Waals surface area (Å²) in [5, 5.41) is 0. The monoisotopic (exact) mass is 967 g/mol. The topological polar surface area (TPSA) is 78.9 Å². The summed E-state index contributed by atoms with van der Waals surface area (Å²) in [4.78, 5) is 38.1. The number of hydrogen-bond acceptors (Lipinski definition) is 6. The van der Waals surface area contributed by atoms with Crippen LogP contribution in [0.25, 0.3) is 0 Å². The third-order valence-corrected chi connectivity index (χ3v) is 11.4. The van der Waals surface area contributed by atoms with E-state index >= 15 is 0 Å². The first-order chi connectivity index (χ1) is 34.5. The highest BCUT2D eigenvalue weighted by Crippen LogP contribution is 2.15. The van der Waals surface area contributed by atoms with E-state index < -0.39 is 12.1 Å². The molecule has 0 aromatic rings. The molecule has 0 rings (SSSR count). The van der Waals surface area contributed by atoms with E-state index in [9.17, 15) is 14.4 Å². The van der Waals surface area contributed by atoms with E-state index in [2.05, 4.69) is 142 Å². The van der Waals surface area contributed by atoms with Crippen LogP contribution in [0, 0.1) is 0 Å². The zero-order chi connectivity index (χ0) is 50.7. The van der Waals surface area contributed by atoms with E-state index in [1.165, 1.54) is 83.5 Å². The lowest BCUT2D eigenvalue weighted by Gasteiger charge is -2.18. The summed E-state index contributed by atoms with van der Waals surface area (Å²) in [5.74, 6) is -1.11. The Bertz CT molecular complexity index is 1530. The number of carbonyl (C=O) groups is 3. The molecular weight excluding hydrogens is 865 g/mol. The molecule has 0 aliphatic heterocycles. The van der Waals surface area contributed by atoms with E-state index in [0.29, 0.717) is 12.8 Å². The van der Waals surface area contributed by atoms with Crippen LogP contribution in [-0.2, 0) is 28.6 Å². The zero-order valence-electron chi connectivity index (χ0n) is 45.0. The lowest BCUT2D eigenvalue weighted by atomic mass is 10.0. The minimum absolute atomic E-state index is 0.115. The summed E-state index contributed by atoms with van der Waals surface area (Å²) in [6, 6.07) is 0. The second kappa shape index (κ2) is 57.1. The highest BCUT2D eigenvalue weighted by atomic mass is 16.6. The van der Waals surface area contributed by atoms with E-state index in [-0.39, 0.29) is 38.0 Å². The normalized spacial score (nSPS) is 13.1. The molecule has 70 heavy (non-hydrogen) atoms. The Balaban J connectivity index is 4.57. The van der Waals surface area contributed by atoms with Crippen LogP contribution in [0.4, 0.5) is 0 Å². The Kier molecular flexibility index (Phi) is 53.5. The van der Waals surface area contributed by atoms with Gasteiger partial charge in [0.15, 0.2) is 6.10 Å². The van der Waals surface area contributed by atoms with Crippen LogP contribution in [0.5, 0.6) is 0 Å². The van der Waals surface area contributed by atoms with Crippen molar-refractivity contribution >= 4 is 17.9 Å². The molecule has 6 nitrogen and oxygen atoms in total. The molecule has 0 aliphatic carbocycles. The largest absolute Gasteiger partial charge is 0.462 e. The summed E-state index contributed by atoms with van der Waals surface area (Å²) in [7, 11) is 0. The summed E-state index contributed by atoms with van der Waals surface area (Å²) < 4.78 is 16.7. The Morgan fingerprint density at radius 3 is 1.00 bits per heavy atom. The molecule has 0 N–H and O–H groups in total. The van der Waals surface area contributed by atoms with Crippen LogP contribution < -0.4 is 0 Å². The molecule has 394 valence electrons. The summed E-state index contributed by atoms with van der Waals surface area (Å²) in [6.07, 6.45) is 80.4. The van der Waals surface area contributed by atoms with E-state index in [0.717, 1.165) is 103 Å². The van der Waals surface area contributed by atoms with Gasteiger partial charge in [0.25, 0.3) is 0 Å². The van der Waals surface area contributed by atoms with Crippen molar-refractivity contribution in [2.24, 2.45) is 0 Å². The van der Waals surface area contributed by atoms with Gasteiger partial charge in [-0.1, -0.05) is 251 Å². The van der Waals surface area contributed by atoms with Crippen LogP contribution in [0.1, 0.15) is 233 Å². The fourth-order valence-electron chi connectivity index (χ4n) is 7.28. The SMILES string of the molecule is CC/C=C\C/C=C\C/C=C\C/C=C\C/C=C\C/C=C\CCCCC(=O)OCC(COC(=O)C/C=C\C/C=C\C/C=C\C/C=C\C/C=C\CC)OC(=O)CCCCCCCCCCCCCCCCCC. The molecule has 0 aromatic carbocycles. The maximum Gasteiger partial charge on any atom is 0.309 e. The average Bonchev–Trinajstić information content (AvgIpc) is 3.36. The first-order valence-electron chi connectivity index (χ1n) is 28.2. The van der Waals surface area contributed by atoms with Crippen LogP contribution in [-0.4, -0.2) is 37.2 Å². The van der Waals surface area contributed by atoms with Gasteiger partial charge in [-0.15, -0.1) is 0 Å². The van der Waals surface area contributed by atoms with Crippen molar-refractivity contribution in [3.63, 3.8) is 0 Å². The summed E-state index contributed by atoms with van der Waals surface area (Å²) in [5.41, 5.74) is 0. The van der Waals surface area contributed by atoms with Crippen molar-refractivity contribution in [2.75, 3.05) is 13.2 Å². The quantitative estimate of drug-likeness (QED) is 0.0262. The predicted molar refractivity (Wildman–Crippen MR) is 302 cm³/mol. The molecule has 0 saturated heterocycles. The zero-order valence-corrected chi connectivity index (χ0v) is 45.0. The Labute approximate surface area is 430 Å². The van der Waals surface area contributed by atoms with Gasteiger partial charge in [-0.05, 0) is 96.3 Å². The first-order valence-corrected chi connectivity index (χ1v) is 28.2. The van der Waals surface area contributed by atoms with Gasteiger partial charge in [-0.3, -0.25) is 14.4 Å². The second-order valence-corrected chi connectivity index (χ2v) is 18.1. The number of carbonyl (C=O) groups excluding carboxylic acids is 3. The fraction of sp³-hybridized carbons (Fsp3) is 0.609. The van der Waals surface area contributed by atoms with Gasteiger partial charge in [0.2, 0.25) is 0 Å². The van der Waals surface area contributed by atoms with Crippen molar-refractivity contribution < 1.29 is 28.6 Å².